The summed E-state index contributed by atoms with van der Waals surface area (Å²) in [4.78, 5) is 29.0. The first-order valence-electron chi connectivity index (χ1n) is 8.31. The SMILES string of the molecule is CCCCCc1c(C(=O)OC)c(C)nc(C)c1C(=O)OCOCC. The lowest BCUT2D eigenvalue weighted by atomic mass is 9.94. The highest BCUT2D eigenvalue weighted by molar-refractivity contribution is 5.99. The number of carbonyl (C=O) groups is 2. The van der Waals surface area contributed by atoms with Crippen LogP contribution >= 0.6 is 0 Å². The van der Waals surface area contributed by atoms with Crippen LogP contribution in [0.4, 0.5) is 0 Å². The third-order valence-corrected chi connectivity index (χ3v) is 3.76. The first-order chi connectivity index (χ1) is 11.5. The van der Waals surface area contributed by atoms with Crippen LogP contribution in [0.15, 0.2) is 0 Å². The summed E-state index contributed by atoms with van der Waals surface area (Å²) in [5, 5.41) is 0. The van der Waals surface area contributed by atoms with Gasteiger partial charge in [0.15, 0.2) is 6.79 Å². The molecule has 0 bridgehead atoms. The topological polar surface area (TPSA) is 74.7 Å². The van der Waals surface area contributed by atoms with Crippen LogP contribution in [-0.4, -0.2) is 37.4 Å². The van der Waals surface area contributed by atoms with E-state index >= 15 is 0 Å². The number of methoxy groups -OCH3 is 1. The van der Waals surface area contributed by atoms with E-state index in [0.29, 0.717) is 41.1 Å². The van der Waals surface area contributed by atoms with Crippen molar-refractivity contribution in [2.45, 2.75) is 53.4 Å². The third kappa shape index (κ3) is 5.03. The van der Waals surface area contributed by atoms with E-state index in [2.05, 4.69) is 11.9 Å². The second-order valence-electron chi connectivity index (χ2n) is 5.50. The molecular formula is C18H27NO5. The summed E-state index contributed by atoms with van der Waals surface area (Å²) in [6.07, 6.45) is 3.52. The van der Waals surface area contributed by atoms with Crippen LogP contribution in [-0.2, 0) is 20.6 Å². The van der Waals surface area contributed by atoms with Crippen LogP contribution in [0.2, 0.25) is 0 Å². The number of unbranched alkanes of at least 4 members (excludes halogenated alkanes) is 2. The van der Waals surface area contributed by atoms with E-state index in [-0.39, 0.29) is 6.79 Å². The molecular weight excluding hydrogens is 310 g/mol. The van der Waals surface area contributed by atoms with Crippen LogP contribution in [0.5, 0.6) is 0 Å². The van der Waals surface area contributed by atoms with Gasteiger partial charge < -0.3 is 14.2 Å². The quantitative estimate of drug-likeness (QED) is 0.391. The molecule has 0 spiro atoms. The molecule has 1 rings (SSSR count). The molecule has 1 aromatic heterocycles. The maximum Gasteiger partial charge on any atom is 0.342 e. The number of rotatable bonds is 9. The smallest absolute Gasteiger partial charge is 0.342 e. The molecule has 0 aliphatic carbocycles. The van der Waals surface area contributed by atoms with Gasteiger partial charge in [-0.25, -0.2) is 9.59 Å². The van der Waals surface area contributed by atoms with Crippen molar-refractivity contribution in [3.63, 3.8) is 0 Å². The van der Waals surface area contributed by atoms with Crippen molar-refractivity contribution in [2.75, 3.05) is 20.5 Å². The van der Waals surface area contributed by atoms with Crippen molar-refractivity contribution in [1.29, 1.82) is 0 Å². The van der Waals surface area contributed by atoms with E-state index in [1.54, 1.807) is 13.8 Å². The van der Waals surface area contributed by atoms with Crippen molar-refractivity contribution in [3.05, 3.63) is 28.1 Å². The number of aromatic nitrogens is 1. The van der Waals surface area contributed by atoms with Crippen molar-refractivity contribution < 1.29 is 23.8 Å². The molecule has 1 heterocycles. The molecule has 0 aliphatic heterocycles. The second-order valence-corrected chi connectivity index (χ2v) is 5.50. The summed E-state index contributed by atoms with van der Waals surface area (Å²) in [6.45, 7) is 7.74. The fraction of sp³-hybridized carbons (Fsp3) is 0.611. The Kier molecular flexibility index (Phi) is 8.40. The molecule has 0 fully saturated rings. The summed E-state index contributed by atoms with van der Waals surface area (Å²) in [7, 11) is 1.32. The van der Waals surface area contributed by atoms with E-state index in [1.807, 2.05) is 6.92 Å². The first kappa shape index (κ1) is 20.1. The van der Waals surface area contributed by atoms with Gasteiger partial charge in [-0.15, -0.1) is 0 Å². The van der Waals surface area contributed by atoms with Crippen molar-refractivity contribution in [1.82, 2.24) is 4.98 Å². The number of aryl methyl sites for hydroxylation is 2. The van der Waals surface area contributed by atoms with Gasteiger partial charge in [0, 0.05) is 6.61 Å². The Hall–Kier alpha value is -1.95. The summed E-state index contributed by atoms with van der Waals surface area (Å²) in [5.41, 5.74) is 2.47. The highest BCUT2D eigenvalue weighted by Gasteiger charge is 2.26. The van der Waals surface area contributed by atoms with Crippen molar-refractivity contribution in [2.24, 2.45) is 0 Å². The third-order valence-electron chi connectivity index (χ3n) is 3.76. The number of carbonyl (C=O) groups excluding carboxylic acids is 2. The second kappa shape index (κ2) is 10.0. The highest BCUT2D eigenvalue weighted by Crippen LogP contribution is 2.24. The predicted octanol–water partition coefficient (Wildman–Crippen LogP) is 3.37. The van der Waals surface area contributed by atoms with Crippen LogP contribution in [0.25, 0.3) is 0 Å². The zero-order valence-electron chi connectivity index (χ0n) is 15.2. The number of esters is 2. The van der Waals surface area contributed by atoms with E-state index < -0.39 is 11.9 Å². The van der Waals surface area contributed by atoms with Gasteiger partial charge in [0.2, 0.25) is 0 Å². The molecule has 0 saturated heterocycles. The van der Waals surface area contributed by atoms with E-state index in [0.717, 1.165) is 19.3 Å². The Bertz CT molecular complexity index is 583. The standard InChI is InChI=1S/C18H27NO5/c1-6-8-9-10-14-15(17(20)22-5)12(3)19-13(4)16(14)18(21)24-11-23-7-2/h6-11H2,1-5H3. The van der Waals surface area contributed by atoms with E-state index in [4.69, 9.17) is 14.2 Å². The fourth-order valence-corrected chi connectivity index (χ4v) is 2.62. The van der Waals surface area contributed by atoms with Gasteiger partial charge in [0.25, 0.3) is 0 Å². The minimum Gasteiger partial charge on any atom is -0.465 e. The molecule has 0 atom stereocenters. The molecule has 134 valence electrons. The van der Waals surface area contributed by atoms with E-state index in [9.17, 15) is 9.59 Å². The largest absolute Gasteiger partial charge is 0.465 e. The normalized spacial score (nSPS) is 10.5. The zero-order valence-corrected chi connectivity index (χ0v) is 15.2. The maximum atomic E-state index is 12.5. The van der Waals surface area contributed by atoms with Gasteiger partial charge in [-0.2, -0.15) is 0 Å². The molecule has 6 heteroatoms. The Morgan fingerprint density at radius 2 is 1.62 bits per heavy atom. The van der Waals surface area contributed by atoms with E-state index in [1.165, 1.54) is 7.11 Å². The molecule has 6 nitrogen and oxygen atoms in total. The fourth-order valence-electron chi connectivity index (χ4n) is 2.62. The molecule has 0 aromatic carbocycles. The minimum atomic E-state index is -0.523. The van der Waals surface area contributed by atoms with Gasteiger partial charge in [0.05, 0.1) is 29.6 Å². The van der Waals surface area contributed by atoms with Crippen LogP contribution in [0, 0.1) is 13.8 Å². The molecule has 0 radical (unpaired) electrons. The number of hydrogen-bond donors (Lipinski definition) is 0. The van der Waals surface area contributed by atoms with Crippen LogP contribution in [0.3, 0.4) is 0 Å². The summed E-state index contributed by atoms with van der Waals surface area (Å²) < 4.78 is 15.1. The van der Waals surface area contributed by atoms with Gasteiger partial charge >= 0.3 is 11.9 Å². The maximum absolute atomic E-state index is 12.5. The molecule has 0 unspecified atom stereocenters. The van der Waals surface area contributed by atoms with Gasteiger partial charge in [-0.3, -0.25) is 4.98 Å². The number of ether oxygens (including phenoxy) is 3. The van der Waals surface area contributed by atoms with Crippen molar-refractivity contribution >= 4 is 11.9 Å². The lowest BCUT2D eigenvalue weighted by Gasteiger charge is -2.17. The average Bonchev–Trinajstić information content (AvgIpc) is 2.54. The Morgan fingerprint density at radius 3 is 2.17 bits per heavy atom. The monoisotopic (exact) mass is 337 g/mol. The number of nitrogens with zero attached hydrogens (tertiary/aromatic N) is 1. The lowest BCUT2D eigenvalue weighted by Crippen LogP contribution is -2.19. The summed E-state index contributed by atoms with van der Waals surface area (Å²) >= 11 is 0. The molecule has 24 heavy (non-hydrogen) atoms. The minimum absolute atomic E-state index is 0.120. The Morgan fingerprint density at radius 1 is 1.00 bits per heavy atom. The summed E-state index contributed by atoms with van der Waals surface area (Å²) in [5.74, 6) is -1.00. The number of hydrogen-bond acceptors (Lipinski definition) is 6. The van der Waals surface area contributed by atoms with Crippen LogP contribution < -0.4 is 0 Å². The first-order valence-corrected chi connectivity index (χ1v) is 8.31. The van der Waals surface area contributed by atoms with Gasteiger partial charge in [-0.05, 0) is 39.2 Å². The highest BCUT2D eigenvalue weighted by atomic mass is 16.7. The van der Waals surface area contributed by atoms with Gasteiger partial charge in [-0.1, -0.05) is 19.8 Å². The Balaban J connectivity index is 3.31. The molecule has 0 aliphatic rings. The molecule has 1 aromatic rings. The molecule has 0 amide bonds. The number of pyridine rings is 1. The van der Waals surface area contributed by atoms with Gasteiger partial charge in [0.1, 0.15) is 0 Å². The lowest BCUT2D eigenvalue weighted by molar-refractivity contribution is -0.0276. The molecule has 0 saturated carbocycles. The molecule has 0 N–H and O–H groups in total. The Labute approximate surface area is 143 Å². The predicted molar refractivity (Wildman–Crippen MR) is 90.2 cm³/mol. The summed E-state index contributed by atoms with van der Waals surface area (Å²) in [6, 6.07) is 0. The average molecular weight is 337 g/mol. The van der Waals surface area contributed by atoms with Crippen molar-refractivity contribution in [3.8, 4) is 0 Å². The van der Waals surface area contributed by atoms with Crippen LogP contribution in [0.1, 0.15) is 70.8 Å². The zero-order chi connectivity index (χ0) is 18.1.